The number of alkyl halides is 3. The quantitative estimate of drug-likeness (QED) is 0.840. The molecule has 1 atom stereocenters. The van der Waals surface area contributed by atoms with Gasteiger partial charge >= 0.3 is 6.18 Å². The van der Waals surface area contributed by atoms with Crippen LogP contribution in [0.3, 0.4) is 0 Å². The van der Waals surface area contributed by atoms with Gasteiger partial charge in [0.05, 0.1) is 11.3 Å². The molecule has 0 bridgehead atoms. The van der Waals surface area contributed by atoms with Crippen molar-refractivity contribution in [3.63, 3.8) is 0 Å². The minimum absolute atomic E-state index is 0.0167. The van der Waals surface area contributed by atoms with Crippen molar-refractivity contribution >= 4 is 21.5 Å². The Morgan fingerprint density at radius 2 is 1.86 bits per heavy atom. The van der Waals surface area contributed by atoms with Crippen molar-refractivity contribution in [2.45, 2.75) is 26.1 Å². The van der Waals surface area contributed by atoms with Crippen molar-refractivity contribution in [1.82, 2.24) is 4.98 Å². The highest BCUT2D eigenvalue weighted by molar-refractivity contribution is 7.90. The highest BCUT2D eigenvalue weighted by Crippen LogP contribution is 2.32. The van der Waals surface area contributed by atoms with Crippen molar-refractivity contribution in [1.29, 1.82) is 0 Å². The van der Waals surface area contributed by atoms with Gasteiger partial charge in [0.1, 0.15) is 21.5 Å². The van der Waals surface area contributed by atoms with Crippen LogP contribution in [0.1, 0.15) is 19.4 Å². The average molecular weight is 325 g/mol. The third-order valence-electron chi connectivity index (χ3n) is 2.46. The van der Waals surface area contributed by atoms with Crippen molar-refractivity contribution in [2.24, 2.45) is 0 Å². The van der Waals surface area contributed by atoms with Crippen LogP contribution in [0.2, 0.25) is 0 Å². The predicted molar refractivity (Wildman–Crippen MR) is 76.2 cm³/mol. The molecule has 0 fully saturated rings. The van der Waals surface area contributed by atoms with Crippen LogP contribution in [0.5, 0.6) is 0 Å². The van der Waals surface area contributed by atoms with Gasteiger partial charge in [-0.2, -0.15) is 13.2 Å². The van der Waals surface area contributed by atoms with Gasteiger partial charge in [0.25, 0.3) is 0 Å². The summed E-state index contributed by atoms with van der Waals surface area (Å²) in [7, 11) is -3.23. The molecule has 0 amide bonds. The lowest BCUT2D eigenvalue weighted by Gasteiger charge is -2.16. The molecule has 1 unspecified atom stereocenters. The zero-order chi connectivity index (χ0) is 16.3. The van der Waals surface area contributed by atoms with Crippen LogP contribution in [0, 0.1) is 0 Å². The summed E-state index contributed by atoms with van der Waals surface area (Å²) in [4.78, 5) is 3.99. The summed E-state index contributed by atoms with van der Waals surface area (Å²) in [5, 5.41) is 5.39. The standard InChI is InChI=1S/C12H18F3N3O2S/c1-4-16-10-5-9(12(13,14)15)6-11(18-10)17-8(2)7-21(3,19)20/h5-6,8H,4,7H2,1-3H3,(H2,16,17,18). The van der Waals surface area contributed by atoms with Crippen LogP contribution in [0.15, 0.2) is 12.1 Å². The fourth-order valence-corrected chi connectivity index (χ4v) is 2.78. The topological polar surface area (TPSA) is 71.1 Å². The number of pyridine rings is 1. The van der Waals surface area contributed by atoms with E-state index in [0.717, 1.165) is 18.4 Å². The number of nitrogens with zero attached hydrogens (tertiary/aromatic N) is 1. The molecule has 0 saturated heterocycles. The van der Waals surface area contributed by atoms with Crippen LogP contribution in [0.25, 0.3) is 0 Å². The number of rotatable bonds is 6. The van der Waals surface area contributed by atoms with Gasteiger partial charge in [-0.3, -0.25) is 0 Å². The lowest BCUT2D eigenvalue weighted by atomic mass is 10.2. The maximum absolute atomic E-state index is 12.8. The third-order valence-corrected chi connectivity index (χ3v) is 3.56. The molecule has 0 aliphatic carbocycles. The largest absolute Gasteiger partial charge is 0.416 e. The molecule has 1 rings (SSSR count). The van der Waals surface area contributed by atoms with E-state index in [4.69, 9.17) is 0 Å². The number of nitrogens with one attached hydrogen (secondary N) is 2. The fourth-order valence-electron chi connectivity index (χ4n) is 1.79. The number of aromatic nitrogens is 1. The van der Waals surface area contributed by atoms with Gasteiger partial charge in [-0.1, -0.05) is 0 Å². The monoisotopic (exact) mass is 325 g/mol. The van der Waals surface area contributed by atoms with E-state index < -0.39 is 27.6 Å². The van der Waals surface area contributed by atoms with Gasteiger partial charge < -0.3 is 10.6 Å². The molecule has 0 aromatic carbocycles. The molecule has 1 aromatic heterocycles. The zero-order valence-electron chi connectivity index (χ0n) is 12.0. The Balaban J connectivity index is 3.03. The number of hydrogen-bond acceptors (Lipinski definition) is 5. The Labute approximate surface area is 121 Å². The highest BCUT2D eigenvalue weighted by atomic mass is 32.2. The van der Waals surface area contributed by atoms with Crippen LogP contribution in [0.4, 0.5) is 24.8 Å². The summed E-state index contributed by atoms with van der Waals surface area (Å²) in [6.45, 7) is 3.73. The Morgan fingerprint density at radius 1 is 1.29 bits per heavy atom. The maximum atomic E-state index is 12.8. The summed E-state index contributed by atoms with van der Waals surface area (Å²) in [5.74, 6) is -0.125. The molecular formula is C12H18F3N3O2S. The first-order chi connectivity index (χ1) is 9.51. The summed E-state index contributed by atoms with van der Waals surface area (Å²) in [6, 6.07) is 1.22. The van der Waals surface area contributed by atoms with E-state index >= 15 is 0 Å². The van der Waals surface area contributed by atoms with Crippen molar-refractivity contribution in [2.75, 3.05) is 29.2 Å². The lowest BCUT2D eigenvalue weighted by Crippen LogP contribution is -2.26. The SMILES string of the molecule is CCNc1cc(C(F)(F)F)cc(NC(C)CS(C)(=O)=O)n1. The van der Waals surface area contributed by atoms with Crippen molar-refractivity contribution < 1.29 is 21.6 Å². The summed E-state index contributed by atoms with van der Waals surface area (Å²) in [6.07, 6.45) is -3.43. The van der Waals surface area contributed by atoms with E-state index in [-0.39, 0.29) is 17.4 Å². The molecule has 2 N–H and O–H groups in total. The predicted octanol–water partition coefficient (Wildman–Crippen LogP) is 2.38. The Hall–Kier alpha value is -1.51. The normalized spacial score (nSPS) is 13.8. The molecular weight excluding hydrogens is 307 g/mol. The second-order valence-electron chi connectivity index (χ2n) is 4.79. The maximum Gasteiger partial charge on any atom is 0.416 e. The zero-order valence-corrected chi connectivity index (χ0v) is 12.8. The van der Waals surface area contributed by atoms with E-state index in [1.54, 1.807) is 13.8 Å². The number of hydrogen-bond donors (Lipinski definition) is 2. The molecule has 1 aromatic rings. The van der Waals surface area contributed by atoms with E-state index in [0.29, 0.717) is 6.54 Å². The number of sulfone groups is 1. The lowest BCUT2D eigenvalue weighted by molar-refractivity contribution is -0.137. The molecule has 0 saturated carbocycles. The molecule has 0 radical (unpaired) electrons. The Kier molecular flexibility index (Phi) is 5.43. The van der Waals surface area contributed by atoms with E-state index in [1.165, 1.54) is 0 Å². The summed E-state index contributed by atoms with van der Waals surface area (Å²) in [5.41, 5.74) is -0.845. The molecule has 120 valence electrons. The highest BCUT2D eigenvalue weighted by Gasteiger charge is 2.31. The summed E-state index contributed by atoms with van der Waals surface area (Å²) >= 11 is 0. The first-order valence-corrected chi connectivity index (χ1v) is 8.34. The molecule has 0 aliphatic heterocycles. The summed E-state index contributed by atoms with van der Waals surface area (Å²) < 4.78 is 60.8. The smallest absolute Gasteiger partial charge is 0.370 e. The van der Waals surface area contributed by atoms with Gasteiger partial charge in [-0.15, -0.1) is 0 Å². The van der Waals surface area contributed by atoms with Crippen molar-refractivity contribution in [3.8, 4) is 0 Å². The van der Waals surface area contributed by atoms with E-state index in [2.05, 4.69) is 15.6 Å². The Morgan fingerprint density at radius 3 is 2.33 bits per heavy atom. The molecule has 21 heavy (non-hydrogen) atoms. The van der Waals surface area contributed by atoms with Gasteiger partial charge in [0, 0.05) is 18.8 Å². The van der Waals surface area contributed by atoms with E-state index in [9.17, 15) is 21.6 Å². The Bertz CT molecular complexity index is 588. The minimum atomic E-state index is -4.50. The van der Waals surface area contributed by atoms with Crippen LogP contribution in [-0.4, -0.2) is 38.0 Å². The number of halogens is 3. The van der Waals surface area contributed by atoms with Crippen LogP contribution >= 0.6 is 0 Å². The van der Waals surface area contributed by atoms with Gasteiger partial charge in [-0.05, 0) is 26.0 Å². The first-order valence-electron chi connectivity index (χ1n) is 6.28. The molecule has 0 spiro atoms. The fraction of sp³-hybridized carbons (Fsp3) is 0.583. The van der Waals surface area contributed by atoms with Gasteiger partial charge in [0.15, 0.2) is 0 Å². The second-order valence-corrected chi connectivity index (χ2v) is 6.98. The second kappa shape index (κ2) is 6.50. The third kappa shape index (κ3) is 6.19. The van der Waals surface area contributed by atoms with Gasteiger partial charge in [-0.25, -0.2) is 13.4 Å². The average Bonchev–Trinajstić information content (AvgIpc) is 2.24. The van der Waals surface area contributed by atoms with Gasteiger partial charge in [0.2, 0.25) is 0 Å². The van der Waals surface area contributed by atoms with Crippen molar-refractivity contribution in [3.05, 3.63) is 17.7 Å². The molecule has 0 aliphatic rings. The molecule has 5 nitrogen and oxygen atoms in total. The molecule has 1 heterocycles. The van der Waals surface area contributed by atoms with Crippen LogP contribution < -0.4 is 10.6 Å². The molecule has 9 heteroatoms. The first kappa shape index (κ1) is 17.5. The van der Waals surface area contributed by atoms with Crippen LogP contribution in [-0.2, 0) is 16.0 Å². The minimum Gasteiger partial charge on any atom is -0.370 e. The van der Waals surface area contributed by atoms with E-state index in [1.807, 2.05) is 0 Å². The number of anilines is 2.